The van der Waals surface area contributed by atoms with Gasteiger partial charge < -0.3 is 9.47 Å². The number of hydrogen-bond donors (Lipinski definition) is 0. The molecule has 21 heavy (non-hydrogen) atoms. The first kappa shape index (κ1) is 17.5. The number of carbonyl (C=O) groups excluding carboxylic acids is 2. The maximum absolute atomic E-state index is 11.9. The number of benzene rings is 1. The van der Waals surface area contributed by atoms with Gasteiger partial charge in [0.15, 0.2) is 0 Å². The molecule has 0 spiro atoms. The summed E-state index contributed by atoms with van der Waals surface area (Å²) < 4.78 is 9.78. The fraction of sp³-hybridized carbons (Fsp3) is 0.333. The van der Waals surface area contributed by atoms with E-state index in [0.29, 0.717) is 15.6 Å². The van der Waals surface area contributed by atoms with Crippen LogP contribution in [0.2, 0.25) is 10.0 Å². The summed E-state index contributed by atoms with van der Waals surface area (Å²) in [5, 5.41) is 0.876. The summed E-state index contributed by atoms with van der Waals surface area (Å²) in [5.74, 6) is -1.06. The number of halogens is 2. The zero-order valence-corrected chi connectivity index (χ0v) is 13.3. The third-order valence-corrected chi connectivity index (χ3v) is 2.84. The van der Waals surface area contributed by atoms with E-state index in [1.54, 1.807) is 32.0 Å². The molecule has 0 heterocycles. The molecule has 114 valence electrons. The zero-order chi connectivity index (χ0) is 15.8. The molecule has 0 aliphatic heterocycles. The van der Waals surface area contributed by atoms with E-state index in [0.717, 1.165) is 0 Å². The van der Waals surface area contributed by atoms with Crippen LogP contribution in [0.15, 0.2) is 23.8 Å². The molecular formula is C15H16Cl2O4. The molecule has 0 aliphatic carbocycles. The van der Waals surface area contributed by atoms with Crippen LogP contribution in [0, 0.1) is 0 Å². The Bertz CT molecular complexity index is 532. The Labute approximate surface area is 133 Å². The van der Waals surface area contributed by atoms with E-state index < -0.39 is 11.9 Å². The minimum atomic E-state index is -0.568. The van der Waals surface area contributed by atoms with Crippen molar-refractivity contribution in [3.8, 4) is 0 Å². The molecule has 0 N–H and O–H groups in total. The SMILES string of the molecule is CCOC(=O)CC(=Cc1cc(Cl)cc(Cl)c1)C(=O)OCC. The third kappa shape index (κ3) is 6.19. The van der Waals surface area contributed by atoms with Crippen LogP contribution in [-0.4, -0.2) is 25.2 Å². The summed E-state index contributed by atoms with van der Waals surface area (Å²) in [7, 11) is 0. The van der Waals surface area contributed by atoms with Gasteiger partial charge in [0.25, 0.3) is 0 Å². The van der Waals surface area contributed by atoms with Crippen molar-refractivity contribution in [3.05, 3.63) is 39.4 Å². The molecule has 0 saturated carbocycles. The number of rotatable bonds is 6. The van der Waals surface area contributed by atoms with Gasteiger partial charge in [-0.2, -0.15) is 0 Å². The average molecular weight is 331 g/mol. The summed E-state index contributed by atoms with van der Waals surface area (Å²) in [6, 6.07) is 4.85. The van der Waals surface area contributed by atoms with Gasteiger partial charge in [0, 0.05) is 15.6 Å². The second-order valence-electron chi connectivity index (χ2n) is 4.07. The minimum absolute atomic E-state index is 0.170. The largest absolute Gasteiger partial charge is 0.466 e. The summed E-state index contributed by atoms with van der Waals surface area (Å²) in [4.78, 5) is 23.5. The molecule has 6 heteroatoms. The first-order chi connectivity index (χ1) is 9.96. The van der Waals surface area contributed by atoms with Crippen LogP contribution in [0.5, 0.6) is 0 Å². The lowest BCUT2D eigenvalue weighted by atomic mass is 10.1. The molecule has 1 aromatic carbocycles. The van der Waals surface area contributed by atoms with Crippen LogP contribution in [0.3, 0.4) is 0 Å². The van der Waals surface area contributed by atoms with E-state index in [-0.39, 0.29) is 25.2 Å². The predicted octanol–water partition coefficient (Wildman–Crippen LogP) is 3.89. The lowest BCUT2D eigenvalue weighted by Gasteiger charge is -2.07. The summed E-state index contributed by atoms with van der Waals surface area (Å²) in [6.07, 6.45) is 1.35. The van der Waals surface area contributed by atoms with E-state index in [1.807, 2.05) is 0 Å². The minimum Gasteiger partial charge on any atom is -0.466 e. The van der Waals surface area contributed by atoms with Crippen LogP contribution in [-0.2, 0) is 19.1 Å². The van der Waals surface area contributed by atoms with Gasteiger partial charge in [-0.25, -0.2) is 4.79 Å². The zero-order valence-electron chi connectivity index (χ0n) is 11.8. The Morgan fingerprint density at radius 3 is 2.14 bits per heavy atom. The van der Waals surface area contributed by atoms with E-state index in [1.165, 1.54) is 6.08 Å². The maximum atomic E-state index is 11.9. The van der Waals surface area contributed by atoms with E-state index in [2.05, 4.69) is 0 Å². The molecule has 1 aromatic rings. The van der Waals surface area contributed by atoms with E-state index in [9.17, 15) is 9.59 Å². The predicted molar refractivity (Wildman–Crippen MR) is 82.3 cm³/mol. The van der Waals surface area contributed by atoms with Crippen molar-refractivity contribution in [1.82, 2.24) is 0 Å². The number of esters is 2. The van der Waals surface area contributed by atoms with Gasteiger partial charge in [-0.1, -0.05) is 23.2 Å². The lowest BCUT2D eigenvalue weighted by Crippen LogP contribution is -2.13. The Kier molecular flexibility index (Phi) is 7.26. The van der Waals surface area contributed by atoms with Gasteiger partial charge in [-0.3, -0.25) is 4.79 Å². The van der Waals surface area contributed by atoms with Crippen molar-refractivity contribution < 1.29 is 19.1 Å². The Hall–Kier alpha value is -1.52. The van der Waals surface area contributed by atoms with Gasteiger partial charge in [0.2, 0.25) is 0 Å². The molecule has 0 atom stereocenters. The van der Waals surface area contributed by atoms with Crippen LogP contribution in [0.4, 0.5) is 0 Å². The molecule has 0 fully saturated rings. The summed E-state index contributed by atoms with van der Waals surface area (Å²) in [6.45, 7) is 3.85. The Balaban J connectivity index is 3.06. The molecule has 0 aromatic heterocycles. The highest BCUT2D eigenvalue weighted by Gasteiger charge is 2.16. The first-order valence-electron chi connectivity index (χ1n) is 6.45. The topological polar surface area (TPSA) is 52.6 Å². The number of ether oxygens (including phenoxy) is 2. The van der Waals surface area contributed by atoms with Crippen LogP contribution >= 0.6 is 23.2 Å². The fourth-order valence-electron chi connectivity index (χ4n) is 1.63. The number of carbonyl (C=O) groups is 2. The molecule has 0 aliphatic rings. The molecular weight excluding hydrogens is 315 g/mol. The smallest absolute Gasteiger partial charge is 0.334 e. The molecule has 4 nitrogen and oxygen atoms in total. The fourth-order valence-corrected chi connectivity index (χ4v) is 2.18. The highest BCUT2D eigenvalue weighted by molar-refractivity contribution is 6.34. The molecule has 0 bridgehead atoms. The second kappa shape index (κ2) is 8.70. The molecule has 0 saturated heterocycles. The Morgan fingerprint density at radius 1 is 1.05 bits per heavy atom. The van der Waals surface area contributed by atoms with Crippen molar-refractivity contribution in [3.63, 3.8) is 0 Å². The molecule has 0 radical (unpaired) electrons. The molecule has 1 rings (SSSR count). The molecule has 0 unspecified atom stereocenters. The Morgan fingerprint density at radius 2 is 1.62 bits per heavy atom. The average Bonchev–Trinajstić information content (AvgIpc) is 2.37. The first-order valence-corrected chi connectivity index (χ1v) is 7.21. The van der Waals surface area contributed by atoms with Crippen molar-refractivity contribution in [2.24, 2.45) is 0 Å². The van der Waals surface area contributed by atoms with Gasteiger partial charge >= 0.3 is 11.9 Å². The van der Waals surface area contributed by atoms with Crippen LogP contribution < -0.4 is 0 Å². The molecule has 0 amide bonds. The third-order valence-electron chi connectivity index (χ3n) is 2.40. The van der Waals surface area contributed by atoms with Crippen molar-refractivity contribution in [1.29, 1.82) is 0 Å². The van der Waals surface area contributed by atoms with Gasteiger partial charge in [-0.05, 0) is 43.7 Å². The van der Waals surface area contributed by atoms with Crippen LogP contribution in [0.1, 0.15) is 25.8 Å². The lowest BCUT2D eigenvalue weighted by molar-refractivity contribution is -0.145. The van der Waals surface area contributed by atoms with Crippen LogP contribution in [0.25, 0.3) is 6.08 Å². The van der Waals surface area contributed by atoms with Gasteiger partial charge in [-0.15, -0.1) is 0 Å². The summed E-state index contributed by atoms with van der Waals surface area (Å²) >= 11 is 11.8. The van der Waals surface area contributed by atoms with Gasteiger partial charge in [0.1, 0.15) is 0 Å². The number of hydrogen-bond acceptors (Lipinski definition) is 4. The normalized spacial score (nSPS) is 11.1. The van der Waals surface area contributed by atoms with Crippen molar-refractivity contribution >= 4 is 41.2 Å². The maximum Gasteiger partial charge on any atom is 0.334 e. The van der Waals surface area contributed by atoms with Crippen molar-refractivity contribution in [2.75, 3.05) is 13.2 Å². The highest BCUT2D eigenvalue weighted by Crippen LogP contribution is 2.22. The summed E-state index contributed by atoms with van der Waals surface area (Å²) in [5.41, 5.74) is 0.800. The standard InChI is InChI=1S/C15H16Cl2O4/c1-3-20-14(18)8-11(15(19)21-4-2)5-10-6-12(16)9-13(17)7-10/h5-7,9H,3-4,8H2,1-2H3. The van der Waals surface area contributed by atoms with E-state index >= 15 is 0 Å². The second-order valence-corrected chi connectivity index (χ2v) is 4.95. The quantitative estimate of drug-likeness (QED) is 0.586. The van der Waals surface area contributed by atoms with E-state index in [4.69, 9.17) is 32.7 Å². The van der Waals surface area contributed by atoms with Crippen molar-refractivity contribution in [2.45, 2.75) is 20.3 Å². The monoisotopic (exact) mass is 330 g/mol. The van der Waals surface area contributed by atoms with Gasteiger partial charge in [0.05, 0.1) is 19.6 Å². The highest BCUT2D eigenvalue weighted by atomic mass is 35.5.